The summed E-state index contributed by atoms with van der Waals surface area (Å²) in [6.45, 7) is 2.66. The molecule has 0 radical (unpaired) electrons. The van der Waals surface area contributed by atoms with Crippen LogP contribution in [0.2, 0.25) is 0 Å². The number of methoxy groups -OCH3 is 1. The van der Waals surface area contributed by atoms with Crippen LogP contribution >= 0.6 is 0 Å². The second kappa shape index (κ2) is 6.49. The maximum atomic E-state index is 5.55. The number of hydrogen-bond acceptors (Lipinski definition) is 3. The Hall–Kier alpha value is -2.59. The fourth-order valence-corrected chi connectivity index (χ4v) is 3.36. The Kier molecular flexibility index (Phi) is 4.05. The molecule has 0 aliphatic carbocycles. The van der Waals surface area contributed by atoms with Gasteiger partial charge in [0.1, 0.15) is 11.4 Å². The van der Waals surface area contributed by atoms with Crippen molar-refractivity contribution in [2.45, 2.75) is 19.5 Å². The summed E-state index contributed by atoms with van der Waals surface area (Å²) in [6.07, 6.45) is 1.00. The lowest BCUT2D eigenvalue weighted by molar-refractivity contribution is 0.416. The summed E-state index contributed by atoms with van der Waals surface area (Å²) in [5.74, 6) is 0.871. The smallest absolute Gasteiger partial charge is 0.128 e. The van der Waals surface area contributed by atoms with Crippen molar-refractivity contribution >= 4 is 0 Å². The minimum Gasteiger partial charge on any atom is -0.496 e. The van der Waals surface area contributed by atoms with Gasteiger partial charge in [-0.05, 0) is 17.7 Å². The zero-order valence-electron chi connectivity index (χ0n) is 13.8. The van der Waals surface area contributed by atoms with Gasteiger partial charge in [-0.3, -0.25) is 4.68 Å². The molecule has 4 heteroatoms. The van der Waals surface area contributed by atoms with Gasteiger partial charge in [0.25, 0.3) is 0 Å². The number of hydrogen-bond donors (Lipinski definition) is 1. The minimum absolute atomic E-state index is 0.804. The van der Waals surface area contributed by atoms with Crippen molar-refractivity contribution in [3.8, 4) is 17.0 Å². The second-order valence-corrected chi connectivity index (χ2v) is 6.04. The van der Waals surface area contributed by atoms with Crippen LogP contribution in [0.15, 0.2) is 54.6 Å². The Morgan fingerprint density at radius 1 is 1.08 bits per heavy atom. The average molecular weight is 319 g/mol. The summed E-state index contributed by atoms with van der Waals surface area (Å²) in [7, 11) is 1.71. The van der Waals surface area contributed by atoms with Crippen LogP contribution in [0.1, 0.15) is 16.8 Å². The van der Waals surface area contributed by atoms with Gasteiger partial charge in [0.15, 0.2) is 0 Å². The van der Waals surface area contributed by atoms with Gasteiger partial charge in [-0.2, -0.15) is 5.10 Å². The van der Waals surface area contributed by atoms with Gasteiger partial charge in [-0.1, -0.05) is 42.5 Å². The first-order chi connectivity index (χ1) is 11.9. The number of nitrogens with zero attached hydrogens (tertiary/aromatic N) is 2. The van der Waals surface area contributed by atoms with Gasteiger partial charge in [-0.25, -0.2) is 0 Å². The fourth-order valence-electron chi connectivity index (χ4n) is 3.36. The SMILES string of the molecule is COc1ccccc1-c1nn(Cc2ccccc2)c2c1CNCC2. The van der Waals surface area contributed by atoms with Crippen LogP contribution in [0, 0.1) is 0 Å². The Morgan fingerprint density at radius 2 is 1.88 bits per heavy atom. The Morgan fingerprint density at radius 3 is 2.71 bits per heavy atom. The molecule has 0 bridgehead atoms. The highest BCUT2D eigenvalue weighted by molar-refractivity contribution is 5.71. The molecule has 0 spiro atoms. The average Bonchev–Trinajstić information content (AvgIpc) is 3.01. The van der Waals surface area contributed by atoms with E-state index in [2.05, 4.69) is 40.3 Å². The summed E-state index contributed by atoms with van der Waals surface area (Å²) in [5.41, 5.74) is 5.99. The molecule has 1 aliphatic heterocycles. The minimum atomic E-state index is 0.804. The molecule has 0 saturated carbocycles. The molecule has 0 unspecified atom stereocenters. The van der Waals surface area contributed by atoms with Crippen LogP contribution < -0.4 is 10.1 Å². The lowest BCUT2D eigenvalue weighted by Crippen LogP contribution is -2.25. The van der Waals surface area contributed by atoms with Crippen LogP contribution in [0.25, 0.3) is 11.3 Å². The third-order valence-electron chi connectivity index (χ3n) is 4.54. The summed E-state index contributed by atoms with van der Waals surface area (Å²) in [4.78, 5) is 0. The number of nitrogens with one attached hydrogen (secondary N) is 1. The molecule has 0 saturated heterocycles. The molecule has 2 aromatic carbocycles. The lowest BCUT2D eigenvalue weighted by Gasteiger charge is -2.16. The van der Waals surface area contributed by atoms with Crippen LogP contribution in [0.4, 0.5) is 0 Å². The van der Waals surface area contributed by atoms with Gasteiger partial charge in [0.05, 0.1) is 13.7 Å². The van der Waals surface area contributed by atoms with Gasteiger partial charge in [0, 0.05) is 36.3 Å². The summed E-state index contributed by atoms with van der Waals surface area (Å²) >= 11 is 0. The van der Waals surface area contributed by atoms with Gasteiger partial charge in [-0.15, -0.1) is 0 Å². The van der Waals surface area contributed by atoms with E-state index in [9.17, 15) is 0 Å². The molecule has 0 amide bonds. The van der Waals surface area contributed by atoms with E-state index >= 15 is 0 Å². The number of aromatic nitrogens is 2. The summed E-state index contributed by atoms with van der Waals surface area (Å²) in [5, 5.41) is 8.43. The maximum Gasteiger partial charge on any atom is 0.128 e. The van der Waals surface area contributed by atoms with E-state index in [1.54, 1.807) is 7.11 Å². The molecule has 1 aliphatic rings. The molecule has 122 valence electrons. The molecule has 0 atom stereocenters. The van der Waals surface area contributed by atoms with Crippen LogP contribution in [-0.4, -0.2) is 23.4 Å². The normalized spacial score (nSPS) is 13.5. The predicted molar refractivity (Wildman–Crippen MR) is 95.2 cm³/mol. The van der Waals surface area contributed by atoms with Gasteiger partial charge < -0.3 is 10.1 Å². The number of ether oxygens (including phenoxy) is 1. The van der Waals surface area contributed by atoms with E-state index in [1.807, 2.05) is 24.3 Å². The Balaban J connectivity index is 1.81. The maximum absolute atomic E-state index is 5.55. The second-order valence-electron chi connectivity index (χ2n) is 6.04. The largest absolute Gasteiger partial charge is 0.496 e. The zero-order valence-corrected chi connectivity index (χ0v) is 13.8. The van der Waals surface area contributed by atoms with Gasteiger partial charge >= 0.3 is 0 Å². The molecule has 3 aromatic rings. The number of rotatable bonds is 4. The van der Waals surface area contributed by atoms with Crippen LogP contribution in [-0.2, 0) is 19.5 Å². The van der Waals surface area contributed by atoms with Crippen molar-refractivity contribution < 1.29 is 4.74 Å². The van der Waals surface area contributed by atoms with Crippen molar-refractivity contribution in [2.75, 3.05) is 13.7 Å². The van der Waals surface area contributed by atoms with Crippen LogP contribution in [0.3, 0.4) is 0 Å². The summed E-state index contributed by atoms with van der Waals surface area (Å²) < 4.78 is 7.71. The molecule has 0 fully saturated rings. The van der Waals surface area contributed by atoms with Crippen molar-refractivity contribution in [1.82, 2.24) is 15.1 Å². The Bertz CT molecular complexity index is 839. The predicted octanol–water partition coefficient (Wildman–Crippen LogP) is 3.25. The first kappa shape index (κ1) is 15.0. The molecule has 1 aromatic heterocycles. The zero-order chi connectivity index (χ0) is 16.4. The van der Waals surface area contributed by atoms with E-state index in [-0.39, 0.29) is 0 Å². The van der Waals surface area contributed by atoms with E-state index in [0.717, 1.165) is 43.1 Å². The standard InChI is InChI=1S/C20H21N3O/c1-24-19-10-6-5-9-16(19)20-17-13-21-12-11-18(17)23(22-20)14-15-7-3-2-4-8-15/h2-10,21H,11-14H2,1H3. The van der Waals surface area contributed by atoms with Crippen molar-refractivity contribution in [3.05, 3.63) is 71.4 Å². The monoisotopic (exact) mass is 319 g/mol. The topological polar surface area (TPSA) is 39.1 Å². The number of fused-ring (bicyclic) bond motifs is 1. The van der Waals surface area contributed by atoms with E-state index in [1.165, 1.54) is 16.8 Å². The van der Waals surface area contributed by atoms with Crippen LogP contribution in [0.5, 0.6) is 5.75 Å². The van der Waals surface area contributed by atoms with Crippen molar-refractivity contribution in [1.29, 1.82) is 0 Å². The lowest BCUT2D eigenvalue weighted by atomic mass is 10.0. The van der Waals surface area contributed by atoms with E-state index in [4.69, 9.17) is 9.84 Å². The molecule has 4 nitrogen and oxygen atoms in total. The van der Waals surface area contributed by atoms with E-state index in [0.29, 0.717) is 0 Å². The molecule has 2 heterocycles. The van der Waals surface area contributed by atoms with Gasteiger partial charge in [0.2, 0.25) is 0 Å². The first-order valence-electron chi connectivity index (χ1n) is 8.33. The van der Waals surface area contributed by atoms with Crippen molar-refractivity contribution in [3.63, 3.8) is 0 Å². The third-order valence-corrected chi connectivity index (χ3v) is 4.54. The first-order valence-corrected chi connectivity index (χ1v) is 8.33. The number of benzene rings is 2. The van der Waals surface area contributed by atoms with E-state index < -0.39 is 0 Å². The molecule has 24 heavy (non-hydrogen) atoms. The van der Waals surface area contributed by atoms with Crippen molar-refractivity contribution in [2.24, 2.45) is 0 Å². The molecule has 4 rings (SSSR count). The highest BCUT2D eigenvalue weighted by Crippen LogP contribution is 2.34. The molecular formula is C20H21N3O. The summed E-state index contributed by atoms with van der Waals surface area (Å²) in [6, 6.07) is 18.6. The fraction of sp³-hybridized carbons (Fsp3) is 0.250. The third kappa shape index (κ3) is 2.69. The highest BCUT2D eigenvalue weighted by Gasteiger charge is 2.23. The molecular weight excluding hydrogens is 298 g/mol. The number of para-hydroxylation sites is 1. The Labute approximate surface area is 142 Å². The quantitative estimate of drug-likeness (QED) is 0.802. The highest BCUT2D eigenvalue weighted by atomic mass is 16.5. The molecule has 1 N–H and O–H groups in total.